The second-order valence-corrected chi connectivity index (χ2v) is 5.14. The fourth-order valence-corrected chi connectivity index (χ4v) is 2.52. The highest BCUT2D eigenvalue weighted by molar-refractivity contribution is 5.93. The Kier molecular flexibility index (Phi) is 2.67. The highest BCUT2D eigenvalue weighted by Crippen LogP contribution is 2.36. The van der Waals surface area contributed by atoms with Gasteiger partial charge in [0.25, 0.3) is 5.91 Å². The van der Waals surface area contributed by atoms with Gasteiger partial charge < -0.3 is 14.8 Å². The van der Waals surface area contributed by atoms with Crippen molar-refractivity contribution in [3.63, 3.8) is 0 Å². The summed E-state index contributed by atoms with van der Waals surface area (Å²) in [5, 5.41) is 3.36. The van der Waals surface area contributed by atoms with E-state index in [0.717, 1.165) is 25.3 Å². The van der Waals surface area contributed by atoms with Crippen LogP contribution in [0.15, 0.2) is 18.3 Å². The molecular formula is C13H19N3O. The van der Waals surface area contributed by atoms with E-state index in [1.807, 2.05) is 23.2 Å². The van der Waals surface area contributed by atoms with Gasteiger partial charge in [-0.3, -0.25) is 4.79 Å². The summed E-state index contributed by atoms with van der Waals surface area (Å²) in [5.74, 6) is 0.190. The van der Waals surface area contributed by atoms with Crippen LogP contribution in [0.3, 0.4) is 0 Å². The van der Waals surface area contributed by atoms with E-state index in [2.05, 4.69) is 16.8 Å². The fourth-order valence-electron chi connectivity index (χ4n) is 2.52. The lowest BCUT2D eigenvalue weighted by atomic mass is 10.2. The largest absolute Gasteiger partial charge is 0.340 e. The van der Waals surface area contributed by atoms with Gasteiger partial charge in [0.2, 0.25) is 0 Å². The minimum Gasteiger partial charge on any atom is -0.340 e. The average molecular weight is 233 g/mol. The lowest BCUT2D eigenvalue weighted by molar-refractivity contribution is 0.0698. The first-order valence-corrected chi connectivity index (χ1v) is 6.45. The van der Waals surface area contributed by atoms with Crippen LogP contribution in [-0.4, -0.2) is 41.1 Å². The quantitative estimate of drug-likeness (QED) is 0.835. The molecular weight excluding hydrogens is 214 g/mol. The van der Waals surface area contributed by atoms with E-state index in [-0.39, 0.29) is 5.91 Å². The van der Waals surface area contributed by atoms with Crippen LogP contribution in [-0.2, 0) is 0 Å². The zero-order valence-corrected chi connectivity index (χ0v) is 10.2. The van der Waals surface area contributed by atoms with Crippen molar-refractivity contribution in [1.29, 1.82) is 0 Å². The maximum Gasteiger partial charge on any atom is 0.270 e. The van der Waals surface area contributed by atoms with Crippen LogP contribution in [0.25, 0.3) is 0 Å². The number of carbonyl (C=O) groups is 1. The molecule has 17 heavy (non-hydrogen) atoms. The number of nitrogens with one attached hydrogen (secondary N) is 1. The molecule has 2 fully saturated rings. The molecule has 2 heterocycles. The van der Waals surface area contributed by atoms with Gasteiger partial charge in [0.15, 0.2) is 0 Å². The van der Waals surface area contributed by atoms with Gasteiger partial charge in [-0.15, -0.1) is 0 Å². The Labute approximate surface area is 102 Å². The summed E-state index contributed by atoms with van der Waals surface area (Å²) >= 11 is 0. The Morgan fingerprint density at radius 1 is 1.47 bits per heavy atom. The summed E-state index contributed by atoms with van der Waals surface area (Å²) in [6.45, 7) is 4.66. The molecule has 1 aliphatic carbocycles. The van der Waals surface area contributed by atoms with Crippen LogP contribution in [0.4, 0.5) is 0 Å². The number of hydrogen-bond donors (Lipinski definition) is 1. The molecule has 1 aromatic heterocycles. The van der Waals surface area contributed by atoms with Gasteiger partial charge in [0.05, 0.1) is 0 Å². The molecule has 92 valence electrons. The van der Waals surface area contributed by atoms with Gasteiger partial charge >= 0.3 is 0 Å². The van der Waals surface area contributed by atoms with E-state index in [0.29, 0.717) is 12.1 Å². The fraction of sp³-hybridized carbons (Fsp3) is 0.615. The van der Waals surface area contributed by atoms with Crippen LogP contribution in [0.5, 0.6) is 0 Å². The van der Waals surface area contributed by atoms with Crippen LogP contribution < -0.4 is 5.32 Å². The summed E-state index contributed by atoms with van der Waals surface area (Å²) in [5.41, 5.74) is 0.863. The van der Waals surface area contributed by atoms with Crippen molar-refractivity contribution in [2.75, 3.05) is 19.6 Å². The molecule has 4 nitrogen and oxygen atoms in total. The first kappa shape index (κ1) is 10.8. The SMILES string of the molecule is C[C@H]1CN(C(=O)c2cccn2C2CC2)CCN1. The summed E-state index contributed by atoms with van der Waals surface area (Å²) in [6, 6.07) is 4.91. The molecule has 1 atom stereocenters. The topological polar surface area (TPSA) is 37.3 Å². The number of amides is 1. The van der Waals surface area contributed by atoms with Crippen LogP contribution in [0, 0.1) is 0 Å². The van der Waals surface area contributed by atoms with Crippen molar-refractivity contribution in [3.8, 4) is 0 Å². The molecule has 0 radical (unpaired) electrons. The van der Waals surface area contributed by atoms with Crippen molar-refractivity contribution >= 4 is 5.91 Å². The smallest absolute Gasteiger partial charge is 0.270 e. The molecule has 1 aliphatic heterocycles. The normalized spacial score (nSPS) is 25.0. The summed E-state index contributed by atoms with van der Waals surface area (Å²) in [6.07, 6.45) is 4.47. The van der Waals surface area contributed by atoms with Crippen LogP contribution in [0.2, 0.25) is 0 Å². The van der Waals surface area contributed by atoms with Gasteiger partial charge in [-0.25, -0.2) is 0 Å². The maximum atomic E-state index is 12.4. The summed E-state index contributed by atoms with van der Waals surface area (Å²) in [7, 11) is 0. The van der Waals surface area contributed by atoms with Gasteiger partial charge in [-0.2, -0.15) is 0 Å². The number of nitrogens with zero attached hydrogens (tertiary/aromatic N) is 2. The van der Waals surface area contributed by atoms with Crippen molar-refractivity contribution in [1.82, 2.24) is 14.8 Å². The average Bonchev–Trinajstić information content (AvgIpc) is 3.06. The molecule has 1 amide bonds. The Balaban J connectivity index is 1.78. The van der Waals surface area contributed by atoms with E-state index >= 15 is 0 Å². The first-order valence-electron chi connectivity index (χ1n) is 6.45. The second-order valence-electron chi connectivity index (χ2n) is 5.14. The molecule has 3 rings (SSSR count). The summed E-state index contributed by atoms with van der Waals surface area (Å²) < 4.78 is 2.15. The Hall–Kier alpha value is -1.29. The molecule has 1 saturated carbocycles. The van der Waals surface area contributed by atoms with E-state index in [9.17, 15) is 4.79 Å². The first-order chi connectivity index (χ1) is 8.25. The third-order valence-electron chi connectivity index (χ3n) is 3.59. The zero-order chi connectivity index (χ0) is 11.8. The Bertz CT molecular complexity index is 422. The second kappa shape index (κ2) is 4.18. The number of carbonyl (C=O) groups excluding carboxylic acids is 1. The van der Waals surface area contributed by atoms with Crippen molar-refractivity contribution < 1.29 is 4.79 Å². The zero-order valence-electron chi connectivity index (χ0n) is 10.2. The minimum atomic E-state index is 0.190. The van der Waals surface area contributed by atoms with Crippen LogP contribution >= 0.6 is 0 Å². The van der Waals surface area contributed by atoms with E-state index < -0.39 is 0 Å². The molecule has 4 heteroatoms. The van der Waals surface area contributed by atoms with E-state index in [1.54, 1.807) is 0 Å². The van der Waals surface area contributed by atoms with Crippen molar-refractivity contribution in [2.45, 2.75) is 31.8 Å². The predicted octanol–water partition coefficient (Wildman–Crippen LogP) is 1.26. The molecule has 1 N–H and O–H groups in total. The van der Waals surface area contributed by atoms with Crippen molar-refractivity contribution in [3.05, 3.63) is 24.0 Å². The summed E-state index contributed by atoms with van der Waals surface area (Å²) in [4.78, 5) is 14.4. The Morgan fingerprint density at radius 3 is 3.00 bits per heavy atom. The number of hydrogen-bond acceptors (Lipinski definition) is 2. The minimum absolute atomic E-state index is 0.190. The monoisotopic (exact) mass is 233 g/mol. The van der Waals surface area contributed by atoms with E-state index in [4.69, 9.17) is 0 Å². The predicted molar refractivity (Wildman–Crippen MR) is 66.1 cm³/mol. The standard InChI is InChI=1S/C13H19N3O/c1-10-9-15(8-6-14-10)13(17)12-3-2-7-16(12)11-4-5-11/h2-3,7,10-11,14H,4-6,8-9H2,1H3/t10-/m0/s1. The van der Waals surface area contributed by atoms with Gasteiger partial charge in [0.1, 0.15) is 5.69 Å². The third kappa shape index (κ3) is 2.09. The molecule has 0 unspecified atom stereocenters. The molecule has 1 saturated heterocycles. The highest BCUT2D eigenvalue weighted by Gasteiger charge is 2.29. The molecule has 0 spiro atoms. The number of piperazine rings is 1. The molecule has 2 aliphatic rings. The molecule has 0 bridgehead atoms. The number of rotatable bonds is 2. The van der Waals surface area contributed by atoms with E-state index in [1.165, 1.54) is 12.8 Å². The number of aromatic nitrogens is 1. The van der Waals surface area contributed by atoms with Crippen LogP contribution in [0.1, 0.15) is 36.3 Å². The highest BCUT2D eigenvalue weighted by atomic mass is 16.2. The van der Waals surface area contributed by atoms with Gasteiger partial charge in [0, 0.05) is 37.9 Å². The lowest BCUT2D eigenvalue weighted by Crippen LogP contribution is -2.51. The van der Waals surface area contributed by atoms with Gasteiger partial charge in [-0.1, -0.05) is 0 Å². The maximum absolute atomic E-state index is 12.4. The third-order valence-corrected chi connectivity index (χ3v) is 3.59. The Morgan fingerprint density at radius 2 is 2.29 bits per heavy atom. The molecule has 0 aromatic carbocycles. The lowest BCUT2D eigenvalue weighted by Gasteiger charge is -2.32. The van der Waals surface area contributed by atoms with Crippen molar-refractivity contribution in [2.24, 2.45) is 0 Å². The molecule has 1 aromatic rings. The van der Waals surface area contributed by atoms with Gasteiger partial charge in [-0.05, 0) is 31.9 Å².